The summed E-state index contributed by atoms with van der Waals surface area (Å²) in [6, 6.07) is 15.4. The number of rotatable bonds is 5. The molecular weight excluding hydrogens is 458 g/mol. The summed E-state index contributed by atoms with van der Waals surface area (Å²) in [5, 5.41) is 14.5. The Hall–Kier alpha value is -4.47. The summed E-state index contributed by atoms with van der Waals surface area (Å²) in [4.78, 5) is 29.4. The number of ether oxygens (including phenoxy) is 1. The molecule has 2 aliphatic heterocycles. The third-order valence-electron chi connectivity index (χ3n) is 6.93. The standard InChI is InChI=1S/C26H25N7O3/c1-17-23(13-27-29-25(17)34)32-14-19-5-2-3-8-22(19)24(32)16-36-21-7-4-6-18(11-21)26(35)31-9-10-33-20(15-31)12-28-30-33/h2-8,11-13,24H,9-10,14-16H2,1H3,(H,29,34). The molecule has 0 spiro atoms. The van der Waals surface area contributed by atoms with Gasteiger partial charge in [-0.1, -0.05) is 35.5 Å². The third kappa shape index (κ3) is 3.90. The highest BCUT2D eigenvalue weighted by molar-refractivity contribution is 5.94. The molecule has 36 heavy (non-hydrogen) atoms. The first-order valence-corrected chi connectivity index (χ1v) is 11.9. The Bertz CT molecular complexity index is 1490. The average molecular weight is 484 g/mol. The molecule has 0 fully saturated rings. The fourth-order valence-corrected chi connectivity index (χ4v) is 4.97. The van der Waals surface area contributed by atoms with E-state index in [4.69, 9.17) is 4.74 Å². The number of H-pyrrole nitrogens is 1. The molecule has 182 valence electrons. The fourth-order valence-electron chi connectivity index (χ4n) is 4.97. The molecule has 1 atom stereocenters. The second-order valence-electron chi connectivity index (χ2n) is 9.07. The summed E-state index contributed by atoms with van der Waals surface area (Å²) in [5.74, 6) is 0.570. The predicted molar refractivity (Wildman–Crippen MR) is 132 cm³/mol. The van der Waals surface area contributed by atoms with Crippen LogP contribution in [0.2, 0.25) is 0 Å². The predicted octanol–water partition coefficient (Wildman–Crippen LogP) is 2.47. The Morgan fingerprint density at radius 1 is 1.11 bits per heavy atom. The molecule has 0 radical (unpaired) electrons. The van der Waals surface area contributed by atoms with E-state index in [2.05, 4.69) is 37.5 Å². The first kappa shape index (κ1) is 22.0. The second kappa shape index (κ2) is 8.95. The summed E-state index contributed by atoms with van der Waals surface area (Å²) < 4.78 is 8.07. The molecule has 2 aliphatic rings. The van der Waals surface area contributed by atoms with Gasteiger partial charge in [0, 0.05) is 24.2 Å². The van der Waals surface area contributed by atoms with Gasteiger partial charge in [0.1, 0.15) is 12.4 Å². The molecule has 0 bridgehead atoms. The van der Waals surface area contributed by atoms with Gasteiger partial charge in [0.15, 0.2) is 0 Å². The molecule has 2 aromatic heterocycles. The van der Waals surface area contributed by atoms with Crippen molar-refractivity contribution in [3.63, 3.8) is 0 Å². The Morgan fingerprint density at radius 3 is 2.92 bits per heavy atom. The van der Waals surface area contributed by atoms with E-state index in [1.807, 2.05) is 35.0 Å². The molecule has 4 aromatic rings. The molecule has 4 heterocycles. The van der Waals surface area contributed by atoms with Crippen LogP contribution in [0, 0.1) is 6.92 Å². The lowest BCUT2D eigenvalue weighted by Gasteiger charge is -2.28. The minimum atomic E-state index is -0.203. The van der Waals surface area contributed by atoms with Gasteiger partial charge in [-0.15, -0.1) is 5.10 Å². The number of amides is 1. The molecule has 1 amide bonds. The van der Waals surface area contributed by atoms with Gasteiger partial charge in [-0.3, -0.25) is 9.59 Å². The van der Waals surface area contributed by atoms with Crippen LogP contribution in [-0.4, -0.2) is 49.1 Å². The van der Waals surface area contributed by atoms with E-state index in [0.717, 1.165) is 16.9 Å². The maximum Gasteiger partial charge on any atom is 0.269 e. The lowest BCUT2D eigenvalue weighted by Crippen LogP contribution is -2.38. The van der Waals surface area contributed by atoms with Crippen LogP contribution in [-0.2, 0) is 19.6 Å². The Kier molecular flexibility index (Phi) is 5.48. The largest absolute Gasteiger partial charge is 0.491 e. The summed E-state index contributed by atoms with van der Waals surface area (Å²) in [5.41, 5.74) is 5.04. The fraction of sp³-hybridized carbons (Fsp3) is 0.269. The van der Waals surface area contributed by atoms with Crippen molar-refractivity contribution in [1.29, 1.82) is 0 Å². The zero-order chi connectivity index (χ0) is 24.6. The van der Waals surface area contributed by atoms with E-state index in [1.165, 1.54) is 5.56 Å². The van der Waals surface area contributed by atoms with E-state index < -0.39 is 0 Å². The highest BCUT2D eigenvalue weighted by Crippen LogP contribution is 2.38. The normalized spacial score (nSPS) is 16.5. The molecule has 0 aliphatic carbocycles. The maximum absolute atomic E-state index is 13.2. The van der Waals surface area contributed by atoms with E-state index in [9.17, 15) is 9.59 Å². The number of hydrogen-bond acceptors (Lipinski definition) is 7. The van der Waals surface area contributed by atoms with Gasteiger partial charge < -0.3 is 14.5 Å². The summed E-state index contributed by atoms with van der Waals surface area (Å²) in [6.07, 6.45) is 3.39. The summed E-state index contributed by atoms with van der Waals surface area (Å²) in [6.45, 7) is 4.51. The van der Waals surface area contributed by atoms with Crippen molar-refractivity contribution >= 4 is 11.6 Å². The number of aromatic nitrogens is 5. The molecule has 10 heteroatoms. The second-order valence-corrected chi connectivity index (χ2v) is 9.07. The number of carbonyl (C=O) groups excluding carboxylic acids is 1. The number of carbonyl (C=O) groups is 1. The van der Waals surface area contributed by atoms with E-state index in [0.29, 0.717) is 49.7 Å². The Labute approximate surface area is 207 Å². The SMILES string of the molecule is Cc1c(N2Cc3ccccc3C2COc2cccc(C(=O)N3CCn4nncc4C3)c2)cn[nH]c1=O. The molecule has 1 unspecified atom stereocenters. The van der Waals surface area contributed by atoms with E-state index in [1.54, 1.807) is 30.3 Å². The number of benzene rings is 2. The van der Waals surface area contributed by atoms with E-state index in [-0.39, 0.29) is 17.5 Å². The van der Waals surface area contributed by atoms with Crippen LogP contribution >= 0.6 is 0 Å². The summed E-state index contributed by atoms with van der Waals surface area (Å²) >= 11 is 0. The molecule has 2 aromatic carbocycles. The van der Waals surface area contributed by atoms with Crippen LogP contribution in [0.3, 0.4) is 0 Å². The number of hydrogen-bond donors (Lipinski definition) is 1. The smallest absolute Gasteiger partial charge is 0.269 e. The minimum Gasteiger partial charge on any atom is -0.491 e. The van der Waals surface area contributed by atoms with E-state index >= 15 is 0 Å². The van der Waals surface area contributed by atoms with Crippen molar-refractivity contribution in [1.82, 2.24) is 30.1 Å². The summed E-state index contributed by atoms with van der Waals surface area (Å²) in [7, 11) is 0. The zero-order valence-electron chi connectivity index (χ0n) is 19.8. The highest BCUT2D eigenvalue weighted by Gasteiger charge is 2.32. The molecule has 0 saturated heterocycles. The van der Waals surface area contributed by atoms with Crippen molar-refractivity contribution in [2.45, 2.75) is 32.6 Å². The van der Waals surface area contributed by atoms with Gasteiger partial charge in [-0.05, 0) is 36.2 Å². The Balaban J connectivity index is 1.22. The minimum absolute atomic E-state index is 0.0500. The van der Waals surface area contributed by atoms with Crippen molar-refractivity contribution in [2.24, 2.45) is 0 Å². The van der Waals surface area contributed by atoms with Gasteiger partial charge in [0.25, 0.3) is 11.5 Å². The molecule has 0 saturated carbocycles. The van der Waals surface area contributed by atoms with Crippen LogP contribution in [0.1, 0.15) is 38.8 Å². The van der Waals surface area contributed by atoms with Crippen molar-refractivity contribution in [3.8, 4) is 5.75 Å². The van der Waals surface area contributed by atoms with Gasteiger partial charge in [-0.25, -0.2) is 9.78 Å². The van der Waals surface area contributed by atoms with Crippen LogP contribution in [0.15, 0.2) is 65.7 Å². The topological polar surface area (TPSA) is 109 Å². The molecule has 1 N–H and O–H groups in total. The molecule has 10 nitrogen and oxygen atoms in total. The molecular formula is C26H25N7O3. The van der Waals surface area contributed by atoms with Crippen LogP contribution < -0.4 is 15.2 Å². The van der Waals surface area contributed by atoms with Crippen molar-refractivity contribution < 1.29 is 9.53 Å². The molecule has 6 rings (SSSR count). The maximum atomic E-state index is 13.2. The van der Waals surface area contributed by atoms with Crippen LogP contribution in [0.25, 0.3) is 0 Å². The zero-order valence-corrected chi connectivity index (χ0v) is 19.8. The van der Waals surface area contributed by atoms with Gasteiger partial charge >= 0.3 is 0 Å². The van der Waals surface area contributed by atoms with Gasteiger partial charge in [0.05, 0.1) is 42.9 Å². The first-order chi connectivity index (χ1) is 17.6. The first-order valence-electron chi connectivity index (χ1n) is 11.9. The lowest BCUT2D eigenvalue weighted by atomic mass is 10.1. The lowest BCUT2D eigenvalue weighted by molar-refractivity contribution is 0.0705. The Morgan fingerprint density at radius 2 is 2.00 bits per heavy atom. The monoisotopic (exact) mass is 483 g/mol. The average Bonchev–Trinajstić information content (AvgIpc) is 3.53. The van der Waals surface area contributed by atoms with Crippen molar-refractivity contribution in [2.75, 3.05) is 18.1 Å². The van der Waals surface area contributed by atoms with Crippen molar-refractivity contribution in [3.05, 3.63) is 99.2 Å². The number of anilines is 1. The highest BCUT2D eigenvalue weighted by atomic mass is 16.5. The van der Waals surface area contributed by atoms with Gasteiger partial charge in [0.2, 0.25) is 0 Å². The number of nitrogens with zero attached hydrogens (tertiary/aromatic N) is 6. The van der Waals surface area contributed by atoms with Crippen LogP contribution in [0.4, 0.5) is 5.69 Å². The number of aromatic amines is 1. The third-order valence-corrected chi connectivity index (χ3v) is 6.93. The van der Waals surface area contributed by atoms with Gasteiger partial charge in [-0.2, -0.15) is 5.10 Å². The van der Waals surface area contributed by atoms with Crippen LogP contribution in [0.5, 0.6) is 5.75 Å². The number of fused-ring (bicyclic) bond motifs is 2. The number of nitrogens with one attached hydrogen (secondary N) is 1. The quantitative estimate of drug-likeness (QED) is 0.464.